The number of anilines is 1. The Hall–Kier alpha value is -3.41. The van der Waals surface area contributed by atoms with Crippen molar-refractivity contribution >= 4 is 17.5 Å². The molecule has 2 N–H and O–H groups in total. The largest absolute Gasteiger partial charge is 0.441 e. The van der Waals surface area contributed by atoms with Crippen LogP contribution in [-0.4, -0.2) is 16.8 Å². The van der Waals surface area contributed by atoms with E-state index in [1.807, 2.05) is 68.4 Å². The molecule has 0 aliphatic carbocycles. The fraction of sp³-hybridized carbons (Fsp3) is 0.261. The van der Waals surface area contributed by atoms with Crippen LogP contribution in [0.15, 0.2) is 65.2 Å². The monoisotopic (exact) mass is 391 g/mol. The van der Waals surface area contributed by atoms with Gasteiger partial charge in [-0.3, -0.25) is 9.59 Å². The molecule has 0 aliphatic rings. The van der Waals surface area contributed by atoms with Crippen LogP contribution in [0.5, 0.6) is 0 Å². The van der Waals surface area contributed by atoms with Crippen LogP contribution in [0.25, 0.3) is 11.3 Å². The van der Waals surface area contributed by atoms with E-state index >= 15 is 0 Å². The number of nitrogens with zero attached hydrogens (tertiary/aromatic N) is 1. The maximum Gasteiger partial charge on any atom is 0.226 e. The first-order valence-electron chi connectivity index (χ1n) is 9.68. The molecule has 1 heterocycles. The molecule has 2 aromatic carbocycles. The Morgan fingerprint density at radius 2 is 1.76 bits per heavy atom. The highest BCUT2D eigenvalue weighted by Crippen LogP contribution is 2.20. The molecular formula is C23H25N3O3. The van der Waals surface area contributed by atoms with Crippen LogP contribution in [0, 0.1) is 5.92 Å². The van der Waals surface area contributed by atoms with Crippen LogP contribution in [0.2, 0.25) is 0 Å². The number of carbonyl (C=O) groups excluding carboxylic acids is 2. The normalized spacial score (nSPS) is 10.7. The lowest BCUT2D eigenvalue weighted by Gasteiger charge is -2.09. The van der Waals surface area contributed by atoms with Gasteiger partial charge in [-0.1, -0.05) is 56.3 Å². The van der Waals surface area contributed by atoms with Gasteiger partial charge in [0.25, 0.3) is 0 Å². The summed E-state index contributed by atoms with van der Waals surface area (Å²) in [6, 6.07) is 17.2. The average molecular weight is 391 g/mol. The van der Waals surface area contributed by atoms with Gasteiger partial charge in [0.05, 0.1) is 6.20 Å². The first kappa shape index (κ1) is 20.3. The highest BCUT2D eigenvalue weighted by atomic mass is 16.4. The minimum absolute atomic E-state index is 0.0204. The highest BCUT2D eigenvalue weighted by molar-refractivity contribution is 5.92. The molecule has 1 aromatic heterocycles. The van der Waals surface area contributed by atoms with Crippen molar-refractivity contribution in [2.45, 2.75) is 33.2 Å². The molecule has 0 bridgehead atoms. The number of benzene rings is 2. The number of aromatic nitrogens is 1. The molecular weight excluding hydrogens is 366 g/mol. The molecule has 3 rings (SSSR count). The molecule has 0 aliphatic heterocycles. The second kappa shape index (κ2) is 9.68. The summed E-state index contributed by atoms with van der Waals surface area (Å²) in [7, 11) is 0. The lowest BCUT2D eigenvalue weighted by molar-refractivity contribution is -0.121. The van der Waals surface area contributed by atoms with Gasteiger partial charge in [0, 0.05) is 36.6 Å². The summed E-state index contributed by atoms with van der Waals surface area (Å²) in [5.74, 6) is 1.09. The fourth-order valence-electron chi connectivity index (χ4n) is 2.66. The first-order chi connectivity index (χ1) is 14.0. The number of rotatable bonds is 8. The molecule has 29 heavy (non-hydrogen) atoms. The Labute approximate surface area is 170 Å². The van der Waals surface area contributed by atoms with Gasteiger partial charge in [-0.05, 0) is 17.7 Å². The molecule has 150 valence electrons. The van der Waals surface area contributed by atoms with E-state index in [9.17, 15) is 9.59 Å². The van der Waals surface area contributed by atoms with Crippen molar-refractivity contribution in [2.24, 2.45) is 5.92 Å². The maximum absolute atomic E-state index is 12.1. The van der Waals surface area contributed by atoms with Crippen LogP contribution in [0.1, 0.15) is 31.7 Å². The lowest BCUT2D eigenvalue weighted by atomic mass is 10.1. The van der Waals surface area contributed by atoms with Crippen LogP contribution >= 0.6 is 0 Å². The highest BCUT2D eigenvalue weighted by Gasteiger charge is 2.09. The summed E-state index contributed by atoms with van der Waals surface area (Å²) in [4.78, 5) is 28.1. The van der Waals surface area contributed by atoms with Crippen molar-refractivity contribution in [1.29, 1.82) is 0 Å². The van der Waals surface area contributed by atoms with E-state index in [0.717, 1.165) is 16.8 Å². The minimum atomic E-state index is -0.0682. The van der Waals surface area contributed by atoms with E-state index < -0.39 is 0 Å². The lowest BCUT2D eigenvalue weighted by Crippen LogP contribution is -2.23. The average Bonchev–Trinajstić information content (AvgIpc) is 3.21. The Balaban J connectivity index is 1.43. The van der Waals surface area contributed by atoms with E-state index in [1.165, 1.54) is 0 Å². The molecule has 0 unspecified atom stereocenters. The molecule has 0 spiro atoms. The van der Waals surface area contributed by atoms with Gasteiger partial charge in [-0.15, -0.1) is 0 Å². The molecule has 0 saturated carbocycles. The minimum Gasteiger partial charge on any atom is -0.441 e. The standard InChI is InChI=1S/C23H25N3O3/c1-16(2)23(28)26-19-10-8-17(9-11-19)14-24-21(27)12-13-22-25-15-20(29-22)18-6-4-3-5-7-18/h3-11,15-16H,12-14H2,1-2H3,(H,24,27)(H,26,28). The number of hydrogen-bond donors (Lipinski definition) is 2. The number of carbonyl (C=O) groups is 2. The van der Waals surface area contributed by atoms with Crippen molar-refractivity contribution < 1.29 is 14.0 Å². The Morgan fingerprint density at radius 3 is 2.45 bits per heavy atom. The first-order valence-corrected chi connectivity index (χ1v) is 9.68. The third-order valence-electron chi connectivity index (χ3n) is 4.41. The van der Waals surface area contributed by atoms with Gasteiger partial charge in [0.2, 0.25) is 11.8 Å². The van der Waals surface area contributed by atoms with Crippen LogP contribution in [-0.2, 0) is 22.6 Å². The summed E-state index contributed by atoms with van der Waals surface area (Å²) in [5, 5.41) is 5.73. The van der Waals surface area contributed by atoms with Crippen molar-refractivity contribution in [2.75, 3.05) is 5.32 Å². The van der Waals surface area contributed by atoms with E-state index in [4.69, 9.17) is 4.42 Å². The summed E-state index contributed by atoms with van der Waals surface area (Å²) >= 11 is 0. The van der Waals surface area contributed by atoms with E-state index in [0.29, 0.717) is 31.0 Å². The van der Waals surface area contributed by atoms with Crippen molar-refractivity contribution in [1.82, 2.24) is 10.3 Å². The summed E-state index contributed by atoms with van der Waals surface area (Å²) in [6.45, 7) is 4.12. The van der Waals surface area contributed by atoms with Gasteiger partial charge in [-0.2, -0.15) is 0 Å². The summed E-state index contributed by atoms with van der Waals surface area (Å²) < 4.78 is 5.72. The zero-order valence-corrected chi connectivity index (χ0v) is 16.6. The molecule has 0 fully saturated rings. The zero-order chi connectivity index (χ0) is 20.6. The van der Waals surface area contributed by atoms with Crippen LogP contribution in [0.4, 0.5) is 5.69 Å². The second-order valence-electron chi connectivity index (χ2n) is 7.10. The van der Waals surface area contributed by atoms with E-state index in [-0.39, 0.29) is 17.7 Å². The van der Waals surface area contributed by atoms with Crippen molar-refractivity contribution in [3.05, 3.63) is 72.2 Å². The topological polar surface area (TPSA) is 84.2 Å². The van der Waals surface area contributed by atoms with Gasteiger partial charge < -0.3 is 15.1 Å². The third kappa shape index (κ3) is 6.04. The van der Waals surface area contributed by atoms with E-state index in [2.05, 4.69) is 15.6 Å². The molecule has 0 radical (unpaired) electrons. The molecule has 2 amide bonds. The SMILES string of the molecule is CC(C)C(=O)Nc1ccc(CNC(=O)CCc2ncc(-c3ccccc3)o2)cc1. The summed E-state index contributed by atoms with van der Waals surface area (Å²) in [5.41, 5.74) is 2.67. The van der Waals surface area contributed by atoms with Gasteiger partial charge >= 0.3 is 0 Å². The van der Waals surface area contributed by atoms with Crippen LogP contribution < -0.4 is 10.6 Å². The number of oxazole rings is 1. The van der Waals surface area contributed by atoms with Gasteiger partial charge in [-0.25, -0.2) is 4.98 Å². The van der Waals surface area contributed by atoms with Gasteiger partial charge in [0.15, 0.2) is 11.7 Å². The number of hydrogen-bond acceptors (Lipinski definition) is 4. The fourth-order valence-corrected chi connectivity index (χ4v) is 2.66. The smallest absolute Gasteiger partial charge is 0.226 e. The molecule has 0 saturated heterocycles. The predicted octanol–water partition coefficient (Wildman–Crippen LogP) is 4.19. The number of nitrogens with one attached hydrogen (secondary N) is 2. The quantitative estimate of drug-likeness (QED) is 0.603. The zero-order valence-electron chi connectivity index (χ0n) is 16.6. The van der Waals surface area contributed by atoms with Gasteiger partial charge in [0.1, 0.15) is 0 Å². The Kier molecular flexibility index (Phi) is 6.79. The predicted molar refractivity (Wildman–Crippen MR) is 112 cm³/mol. The molecule has 3 aromatic rings. The van der Waals surface area contributed by atoms with Crippen molar-refractivity contribution in [3.63, 3.8) is 0 Å². The molecule has 0 atom stereocenters. The Bertz CT molecular complexity index is 947. The third-order valence-corrected chi connectivity index (χ3v) is 4.41. The van der Waals surface area contributed by atoms with E-state index in [1.54, 1.807) is 6.20 Å². The second-order valence-corrected chi connectivity index (χ2v) is 7.10. The number of amides is 2. The molecule has 6 heteroatoms. The molecule has 6 nitrogen and oxygen atoms in total. The number of aryl methyl sites for hydroxylation is 1. The summed E-state index contributed by atoms with van der Waals surface area (Å²) in [6.07, 6.45) is 2.43. The van der Waals surface area contributed by atoms with Crippen molar-refractivity contribution in [3.8, 4) is 11.3 Å². The maximum atomic E-state index is 12.1. The Morgan fingerprint density at radius 1 is 1.03 bits per heavy atom. The van der Waals surface area contributed by atoms with Crippen LogP contribution in [0.3, 0.4) is 0 Å².